The summed E-state index contributed by atoms with van der Waals surface area (Å²) in [5, 5.41) is 28.9. The van der Waals surface area contributed by atoms with E-state index in [1.165, 1.54) is 18.0 Å². The molecule has 28 heavy (non-hydrogen) atoms. The van der Waals surface area contributed by atoms with Crippen molar-refractivity contribution in [3.63, 3.8) is 0 Å². The van der Waals surface area contributed by atoms with Crippen molar-refractivity contribution in [3.05, 3.63) is 35.2 Å². The maximum absolute atomic E-state index is 12.5. The molecule has 0 spiro atoms. The number of phenolic OH excluding ortho intramolecular Hbond substituents is 1. The van der Waals surface area contributed by atoms with Crippen LogP contribution in [0.1, 0.15) is 41.5 Å². The molecule has 0 fully saturated rings. The number of hydrazone groups is 1. The first-order valence-corrected chi connectivity index (χ1v) is 8.17. The third kappa shape index (κ3) is 3.47. The predicted molar refractivity (Wildman–Crippen MR) is 97.4 cm³/mol. The highest BCUT2D eigenvalue weighted by atomic mass is 16.6. The number of phenols is 1. The van der Waals surface area contributed by atoms with Crippen LogP contribution >= 0.6 is 0 Å². The minimum Gasteiger partial charge on any atom is -0.504 e. The number of nitrogens with one attached hydrogen (secondary N) is 1. The minimum absolute atomic E-state index is 0.0188. The Morgan fingerprint density at radius 3 is 2.86 bits per heavy atom. The Labute approximate surface area is 158 Å². The number of methoxy groups -OCH3 is 1. The van der Waals surface area contributed by atoms with Gasteiger partial charge in [-0.15, -0.1) is 5.10 Å². The van der Waals surface area contributed by atoms with E-state index in [9.17, 15) is 9.90 Å². The fourth-order valence-corrected chi connectivity index (χ4v) is 2.48. The first-order valence-electron chi connectivity index (χ1n) is 8.17. The monoisotopic (exact) mass is 386 g/mol. The molecule has 0 atom stereocenters. The molecule has 12 nitrogen and oxygen atoms in total. The van der Waals surface area contributed by atoms with Gasteiger partial charge >= 0.3 is 0 Å². The van der Waals surface area contributed by atoms with E-state index in [4.69, 9.17) is 10.5 Å². The van der Waals surface area contributed by atoms with E-state index in [-0.39, 0.29) is 29.0 Å². The molecule has 0 aliphatic carbocycles. The second-order valence-corrected chi connectivity index (χ2v) is 5.96. The molecular formula is C16H18N8O4. The summed E-state index contributed by atoms with van der Waals surface area (Å²) in [6, 6.07) is 4.90. The fourth-order valence-electron chi connectivity index (χ4n) is 2.48. The van der Waals surface area contributed by atoms with Gasteiger partial charge in [0.15, 0.2) is 17.2 Å². The van der Waals surface area contributed by atoms with Crippen LogP contribution in [-0.4, -0.2) is 49.6 Å². The van der Waals surface area contributed by atoms with Gasteiger partial charge in [-0.05, 0) is 28.4 Å². The maximum atomic E-state index is 12.5. The number of anilines is 1. The Morgan fingerprint density at radius 2 is 2.21 bits per heavy atom. The van der Waals surface area contributed by atoms with Crippen molar-refractivity contribution >= 4 is 17.9 Å². The molecule has 0 aliphatic heterocycles. The molecule has 0 saturated carbocycles. The molecule has 0 radical (unpaired) electrons. The van der Waals surface area contributed by atoms with Crippen molar-refractivity contribution in [3.8, 4) is 17.3 Å². The van der Waals surface area contributed by atoms with E-state index < -0.39 is 5.91 Å². The molecule has 0 bridgehead atoms. The number of nitrogen functional groups attached to an aromatic ring is 1. The molecule has 1 aromatic carbocycles. The summed E-state index contributed by atoms with van der Waals surface area (Å²) in [7, 11) is 1.44. The molecule has 0 unspecified atom stereocenters. The fraction of sp³-hybridized carbons (Fsp3) is 0.250. The molecule has 0 aliphatic rings. The second-order valence-electron chi connectivity index (χ2n) is 5.96. The molecule has 1 amide bonds. The highest BCUT2D eigenvalue weighted by Crippen LogP contribution is 2.28. The number of benzene rings is 1. The van der Waals surface area contributed by atoms with Gasteiger partial charge in [0.25, 0.3) is 5.91 Å². The molecular weight excluding hydrogens is 368 g/mol. The van der Waals surface area contributed by atoms with E-state index in [1.54, 1.807) is 18.2 Å². The first kappa shape index (κ1) is 18.8. The molecule has 0 saturated heterocycles. The lowest BCUT2D eigenvalue weighted by Gasteiger charge is -2.08. The van der Waals surface area contributed by atoms with Crippen LogP contribution in [0.25, 0.3) is 5.82 Å². The Morgan fingerprint density at radius 1 is 1.43 bits per heavy atom. The van der Waals surface area contributed by atoms with Crippen molar-refractivity contribution in [2.45, 2.75) is 19.8 Å². The van der Waals surface area contributed by atoms with Gasteiger partial charge in [0.2, 0.25) is 11.6 Å². The van der Waals surface area contributed by atoms with Gasteiger partial charge in [-0.1, -0.05) is 25.1 Å². The minimum atomic E-state index is -0.594. The van der Waals surface area contributed by atoms with Crippen molar-refractivity contribution in [1.29, 1.82) is 0 Å². The first-order chi connectivity index (χ1) is 13.4. The number of aromatic nitrogens is 5. The number of hydrogen-bond donors (Lipinski definition) is 3. The van der Waals surface area contributed by atoms with Gasteiger partial charge in [0.05, 0.1) is 19.0 Å². The Kier molecular flexibility index (Phi) is 5.20. The lowest BCUT2D eigenvalue weighted by Crippen LogP contribution is -2.21. The second kappa shape index (κ2) is 7.73. The number of carbonyl (C=O) groups excluding carboxylic acids is 1. The zero-order valence-corrected chi connectivity index (χ0v) is 15.3. The van der Waals surface area contributed by atoms with Gasteiger partial charge in [-0.2, -0.15) is 9.78 Å². The van der Waals surface area contributed by atoms with Gasteiger partial charge in [0, 0.05) is 5.56 Å². The standard InChI is InChI=1S/C16H18N8O4/c1-8(2)12-11(19-23-24(12)15-14(17)21-28-22-15)16(26)20-18-7-9-5-4-6-10(27-3)13(9)25/h4-8,25H,1-3H3,(H2,17,21)(H,20,26)/b18-7-. The van der Waals surface area contributed by atoms with Gasteiger partial charge < -0.3 is 15.6 Å². The number of carbonyl (C=O) groups is 1. The number of nitrogens with two attached hydrogens (primary N) is 1. The topological polar surface area (TPSA) is 167 Å². The quantitative estimate of drug-likeness (QED) is 0.410. The number of nitrogens with zero attached hydrogens (tertiary/aromatic N) is 6. The van der Waals surface area contributed by atoms with Crippen LogP contribution in [0.3, 0.4) is 0 Å². The SMILES string of the molecule is COc1cccc(/C=N\NC(=O)c2nnn(-c3nonc3N)c2C(C)C)c1O. The predicted octanol–water partition coefficient (Wildman–Crippen LogP) is 0.834. The summed E-state index contributed by atoms with van der Waals surface area (Å²) in [6.07, 6.45) is 1.29. The van der Waals surface area contributed by atoms with E-state index >= 15 is 0 Å². The Balaban J connectivity index is 1.84. The number of hydrogen-bond acceptors (Lipinski definition) is 10. The number of rotatable bonds is 6. The van der Waals surface area contributed by atoms with E-state index in [2.05, 4.69) is 35.8 Å². The largest absolute Gasteiger partial charge is 0.504 e. The summed E-state index contributed by atoms with van der Waals surface area (Å²) < 4.78 is 10.9. The number of aromatic hydroxyl groups is 1. The molecule has 4 N–H and O–H groups in total. The summed E-state index contributed by atoms with van der Waals surface area (Å²) in [4.78, 5) is 12.5. The van der Waals surface area contributed by atoms with Gasteiger partial charge in [0.1, 0.15) is 0 Å². The summed E-state index contributed by atoms with van der Waals surface area (Å²) in [6.45, 7) is 3.71. The summed E-state index contributed by atoms with van der Waals surface area (Å²) in [5.74, 6) is -0.378. The van der Waals surface area contributed by atoms with Crippen molar-refractivity contribution in [2.24, 2.45) is 5.10 Å². The highest BCUT2D eigenvalue weighted by Gasteiger charge is 2.25. The summed E-state index contributed by atoms with van der Waals surface area (Å²) in [5.41, 5.74) is 8.92. The molecule has 3 aromatic rings. The van der Waals surface area contributed by atoms with Gasteiger partial charge in [-0.25, -0.2) is 10.1 Å². The number of ether oxygens (including phenoxy) is 1. The van der Waals surface area contributed by atoms with Crippen molar-refractivity contribution in [1.82, 2.24) is 30.7 Å². The highest BCUT2D eigenvalue weighted by molar-refractivity contribution is 5.94. The van der Waals surface area contributed by atoms with Crippen LogP contribution in [-0.2, 0) is 0 Å². The lowest BCUT2D eigenvalue weighted by atomic mass is 10.1. The van der Waals surface area contributed by atoms with E-state index in [0.717, 1.165) is 0 Å². The van der Waals surface area contributed by atoms with E-state index in [0.29, 0.717) is 17.0 Å². The van der Waals surface area contributed by atoms with Crippen LogP contribution in [0.5, 0.6) is 11.5 Å². The zero-order valence-electron chi connectivity index (χ0n) is 15.3. The summed E-state index contributed by atoms with van der Waals surface area (Å²) >= 11 is 0. The van der Waals surface area contributed by atoms with Crippen LogP contribution < -0.4 is 15.9 Å². The molecule has 2 heterocycles. The van der Waals surface area contributed by atoms with Crippen LogP contribution in [0.15, 0.2) is 27.9 Å². The van der Waals surface area contributed by atoms with Crippen LogP contribution in [0, 0.1) is 0 Å². The smallest absolute Gasteiger partial charge is 0.293 e. The maximum Gasteiger partial charge on any atom is 0.293 e. The van der Waals surface area contributed by atoms with E-state index in [1.807, 2.05) is 13.8 Å². The van der Waals surface area contributed by atoms with Crippen molar-refractivity contribution in [2.75, 3.05) is 12.8 Å². The molecule has 3 rings (SSSR count). The zero-order chi connectivity index (χ0) is 20.3. The van der Waals surface area contributed by atoms with Crippen molar-refractivity contribution < 1.29 is 19.3 Å². The molecule has 146 valence electrons. The van der Waals surface area contributed by atoms with Crippen LogP contribution in [0.2, 0.25) is 0 Å². The number of amides is 1. The Hall–Kier alpha value is -3.96. The number of para-hydroxylation sites is 1. The van der Waals surface area contributed by atoms with Crippen LogP contribution in [0.4, 0.5) is 5.82 Å². The average molecular weight is 386 g/mol. The average Bonchev–Trinajstić information content (AvgIpc) is 3.28. The normalized spacial score (nSPS) is 11.3. The molecule has 2 aromatic heterocycles. The third-order valence-corrected chi connectivity index (χ3v) is 3.78. The molecule has 12 heteroatoms. The Bertz CT molecular complexity index is 1020. The third-order valence-electron chi connectivity index (χ3n) is 3.78. The van der Waals surface area contributed by atoms with Gasteiger partial charge in [-0.3, -0.25) is 4.79 Å². The lowest BCUT2D eigenvalue weighted by molar-refractivity contribution is 0.0948.